The predicted molar refractivity (Wildman–Crippen MR) is 214 cm³/mol. The molecule has 1 aromatic heterocycles. The van der Waals surface area contributed by atoms with E-state index in [2.05, 4.69) is 71.9 Å². The number of carboxylic acid groups (broad SMARTS) is 1. The number of fused-ring (bicyclic) bond motifs is 2. The minimum absolute atomic E-state index is 0.0371. The molecule has 8 heteroatoms. The molecule has 3 aliphatic rings. The molecule has 8 atom stereocenters. The lowest BCUT2D eigenvalue weighted by atomic mass is 9.80. The topological polar surface area (TPSA) is 152 Å². The number of unbranched alkanes of at least 4 members (excludes halogenated alkanes) is 4. The number of nitrogens with one attached hydrogen (secondary N) is 2. The highest BCUT2D eigenvalue weighted by molar-refractivity contribution is 5.97. The zero-order valence-electron chi connectivity index (χ0n) is 31.7. The van der Waals surface area contributed by atoms with Gasteiger partial charge in [0.1, 0.15) is 0 Å². The van der Waals surface area contributed by atoms with Gasteiger partial charge in [0, 0.05) is 29.1 Å². The number of carbonyl (C=O) groups is 1. The second-order valence-electron chi connectivity index (χ2n) is 16.7. The summed E-state index contributed by atoms with van der Waals surface area (Å²) in [5.74, 6) is -0.313. The molecular weight excluding hydrogens is 663 g/mol. The van der Waals surface area contributed by atoms with Crippen molar-refractivity contribution in [2.45, 2.75) is 127 Å². The lowest BCUT2D eigenvalue weighted by Gasteiger charge is -2.32. The molecule has 0 unspecified atom stereocenters. The molecule has 2 heterocycles. The highest BCUT2D eigenvalue weighted by atomic mass is 16.4. The Hall–Kier alpha value is -3.59. The van der Waals surface area contributed by atoms with E-state index in [1.165, 1.54) is 35.6 Å². The highest BCUT2D eigenvalue weighted by Crippen LogP contribution is 2.47. The summed E-state index contributed by atoms with van der Waals surface area (Å²) in [4.78, 5) is 16.0. The number of aliphatic hydroxyl groups is 3. The molecule has 0 radical (unpaired) electrons. The van der Waals surface area contributed by atoms with Crippen LogP contribution in [0.5, 0.6) is 0 Å². The fourth-order valence-corrected chi connectivity index (χ4v) is 9.60. The Kier molecular flexibility index (Phi) is 13.4. The Morgan fingerprint density at radius 3 is 2.51 bits per heavy atom. The van der Waals surface area contributed by atoms with Crippen LogP contribution in [-0.4, -0.2) is 55.7 Å². The zero-order valence-corrected chi connectivity index (χ0v) is 31.7. The first-order valence-corrected chi connectivity index (χ1v) is 20.5. The molecule has 288 valence electrons. The van der Waals surface area contributed by atoms with Crippen molar-refractivity contribution in [2.75, 3.05) is 6.54 Å². The van der Waals surface area contributed by atoms with E-state index >= 15 is 0 Å². The lowest BCUT2D eigenvalue weighted by molar-refractivity contribution is -0.146. The van der Waals surface area contributed by atoms with E-state index in [-0.39, 0.29) is 30.3 Å². The van der Waals surface area contributed by atoms with Crippen molar-refractivity contribution in [1.82, 2.24) is 10.3 Å². The summed E-state index contributed by atoms with van der Waals surface area (Å²) in [6, 6.07) is 14.9. The number of allylic oxidation sites excluding steroid dienone is 3. The summed E-state index contributed by atoms with van der Waals surface area (Å²) < 4.78 is 0. The second kappa shape index (κ2) is 18.2. The molecule has 1 aliphatic heterocycles. The van der Waals surface area contributed by atoms with Crippen LogP contribution in [-0.2, 0) is 11.2 Å². The van der Waals surface area contributed by atoms with Crippen LogP contribution in [0.15, 0.2) is 78.2 Å². The number of rotatable bonds is 19. The maximum Gasteiger partial charge on any atom is 0.309 e. The van der Waals surface area contributed by atoms with Gasteiger partial charge >= 0.3 is 5.97 Å². The molecule has 0 amide bonds. The van der Waals surface area contributed by atoms with E-state index in [4.69, 9.17) is 5.73 Å². The second-order valence-corrected chi connectivity index (χ2v) is 16.7. The molecule has 0 bridgehead atoms. The van der Waals surface area contributed by atoms with E-state index in [0.717, 1.165) is 61.5 Å². The molecule has 3 aromatic rings. The van der Waals surface area contributed by atoms with Gasteiger partial charge in [0.2, 0.25) is 0 Å². The van der Waals surface area contributed by atoms with Crippen molar-refractivity contribution in [1.29, 1.82) is 0 Å². The predicted octanol–water partition coefficient (Wildman–Crippen LogP) is 8.27. The average Bonchev–Trinajstić information content (AvgIpc) is 3.66. The molecular formula is C45H63N3O5. The monoisotopic (exact) mass is 725 g/mol. The van der Waals surface area contributed by atoms with Gasteiger partial charge in [-0.3, -0.25) is 4.79 Å². The first-order valence-electron chi connectivity index (χ1n) is 20.5. The quantitative estimate of drug-likeness (QED) is 0.0485. The summed E-state index contributed by atoms with van der Waals surface area (Å²) in [6.07, 6.45) is 20.3. The molecule has 2 aliphatic carbocycles. The molecule has 53 heavy (non-hydrogen) atoms. The Morgan fingerprint density at radius 2 is 1.75 bits per heavy atom. The first kappa shape index (κ1) is 39.1. The van der Waals surface area contributed by atoms with Crippen LogP contribution in [0.4, 0.5) is 0 Å². The number of benzene rings is 2. The Bertz CT molecular complexity index is 1710. The Balaban J connectivity index is 1.04. The van der Waals surface area contributed by atoms with Gasteiger partial charge in [-0.1, -0.05) is 87.9 Å². The number of aliphatic hydroxyl groups excluding tert-OH is 2. The van der Waals surface area contributed by atoms with E-state index in [1.807, 2.05) is 12.1 Å². The van der Waals surface area contributed by atoms with Crippen molar-refractivity contribution < 1.29 is 25.2 Å². The third-order valence-electron chi connectivity index (χ3n) is 12.6. The molecule has 0 spiro atoms. The van der Waals surface area contributed by atoms with Crippen molar-refractivity contribution in [2.24, 2.45) is 35.3 Å². The van der Waals surface area contributed by atoms with Gasteiger partial charge in [-0.05, 0) is 123 Å². The molecule has 0 saturated heterocycles. The van der Waals surface area contributed by atoms with Gasteiger partial charge in [0.15, 0.2) is 0 Å². The van der Waals surface area contributed by atoms with Gasteiger partial charge < -0.3 is 36.5 Å². The summed E-state index contributed by atoms with van der Waals surface area (Å²) in [7, 11) is 0. The van der Waals surface area contributed by atoms with Crippen LogP contribution in [0.1, 0.15) is 109 Å². The molecule has 1 fully saturated rings. The van der Waals surface area contributed by atoms with Gasteiger partial charge in [0.25, 0.3) is 0 Å². The molecule has 8 nitrogen and oxygen atoms in total. The summed E-state index contributed by atoms with van der Waals surface area (Å²) in [6.45, 7) is 2.91. The number of carboxylic acids is 1. The van der Waals surface area contributed by atoms with E-state index in [1.54, 1.807) is 0 Å². The van der Waals surface area contributed by atoms with E-state index in [0.29, 0.717) is 50.4 Å². The van der Waals surface area contributed by atoms with Crippen molar-refractivity contribution in [3.8, 4) is 0 Å². The van der Waals surface area contributed by atoms with Gasteiger partial charge in [-0.2, -0.15) is 0 Å². The number of hydrogen-bond acceptors (Lipinski definition) is 6. The van der Waals surface area contributed by atoms with Crippen LogP contribution in [0.2, 0.25) is 0 Å². The average molecular weight is 726 g/mol. The summed E-state index contributed by atoms with van der Waals surface area (Å²) in [5.41, 5.74) is 8.38. The minimum atomic E-state index is -1.03. The third-order valence-corrected chi connectivity index (χ3v) is 12.6. The van der Waals surface area contributed by atoms with Crippen LogP contribution in [0.3, 0.4) is 0 Å². The summed E-state index contributed by atoms with van der Waals surface area (Å²) in [5, 5.41) is 51.2. The Labute approximate surface area is 315 Å². The number of H-pyrrole nitrogens is 1. The number of dihydropyridines is 1. The van der Waals surface area contributed by atoms with Crippen molar-refractivity contribution >= 4 is 27.6 Å². The van der Waals surface area contributed by atoms with Crippen molar-refractivity contribution in [3.05, 3.63) is 83.9 Å². The van der Waals surface area contributed by atoms with Gasteiger partial charge in [-0.15, -0.1) is 0 Å². The lowest BCUT2D eigenvalue weighted by Crippen LogP contribution is -2.37. The SMILES string of the molecule is CCCCC[C@@H]1C=C[C@@H](CCCCC[C@H](C(=O)O)[C@H](O)CC[C@@]2(O)C[C@@H](CC3=CCNC(N)=C3)C[C@H]2Cc2cc3cc4ccccc4cc3[nH]2)[C@H](O)C1. The molecule has 1 saturated carbocycles. The Morgan fingerprint density at radius 1 is 0.962 bits per heavy atom. The number of aliphatic carboxylic acids is 1. The van der Waals surface area contributed by atoms with Gasteiger partial charge in [-0.25, -0.2) is 0 Å². The number of nitrogens with two attached hydrogens (primary N) is 1. The molecule has 2 aromatic carbocycles. The van der Waals surface area contributed by atoms with Crippen LogP contribution < -0.4 is 11.1 Å². The molecule has 6 rings (SSSR count). The van der Waals surface area contributed by atoms with Crippen LogP contribution >= 0.6 is 0 Å². The smallest absolute Gasteiger partial charge is 0.309 e. The standard InChI is InChI=1S/C45H63N3O5/c1-2-3-5-10-30-15-16-33(42(50)23-30)11-6-4-7-14-39(44(51)52)41(49)17-19-45(53)29-32(21-31-18-20-47-43(46)24-31)22-37(45)28-38-26-36-25-34-12-8-9-13-35(34)27-40(36)48-38/h8-9,12-13,15-16,18,24-27,30,32-33,37,39,41-42,47-50,53H,2-7,10-11,14,17,19-23,28-29,46H2,1H3,(H,51,52)/t30-,32+,33-,37+,39+,41-,42-,45-/m1/s1. The zero-order chi connectivity index (χ0) is 37.4. The third kappa shape index (κ3) is 10.3. The number of hydrogen-bond donors (Lipinski definition) is 7. The van der Waals surface area contributed by atoms with Crippen molar-refractivity contribution in [3.63, 3.8) is 0 Å². The van der Waals surface area contributed by atoms with E-state index < -0.39 is 23.6 Å². The summed E-state index contributed by atoms with van der Waals surface area (Å²) >= 11 is 0. The number of aromatic amines is 1. The van der Waals surface area contributed by atoms with E-state index in [9.17, 15) is 25.2 Å². The fraction of sp³-hybridized carbons (Fsp3) is 0.578. The largest absolute Gasteiger partial charge is 0.481 e. The highest BCUT2D eigenvalue weighted by Gasteiger charge is 2.46. The maximum absolute atomic E-state index is 12.4. The van der Waals surface area contributed by atoms with Crippen LogP contribution in [0, 0.1) is 29.6 Å². The van der Waals surface area contributed by atoms with Gasteiger partial charge in [0.05, 0.1) is 29.5 Å². The number of aromatic nitrogens is 1. The first-order chi connectivity index (χ1) is 25.6. The fourth-order valence-electron chi connectivity index (χ4n) is 9.60. The minimum Gasteiger partial charge on any atom is -0.481 e. The normalized spacial score (nSPS) is 27.1. The molecule has 8 N–H and O–H groups in total. The maximum atomic E-state index is 12.4. The van der Waals surface area contributed by atoms with Crippen LogP contribution in [0.25, 0.3) is 21.7 Å².